The Morgan fingerprint density at radius 3 is 2.95 bits per heavy atom. The van der Waals surface area contributed by atoms with Gasteiger partial charge in [0.1, 0.15) is 0 Å². The van der Waals surface area contributed by atoms with Gasteiger partial charge in [-0.15, -0.1) is 11.3 Å². The molecule has 3 rings (SSSR count). The van der Waals surface area contributed by atoms with E-state index in [-0.39, 0.29) is 6.10 Å². The van der Waals surface area contributed by atoms with Crippen molar-refractivity contribution >= 4 is 11.3 Å². The van der Waals surface area contributed by atoms with Gasteiger partial charge in [0.2, 0.25) is 0 Å². The molecule has 0 aliphatic carbocycles. The first kappa shape index (κ1) is 15.6. The number of thiazole rings is 1. The molecule has 22 heavy (non-hydrogen) atoms. The second-order valence-corrected chi connectivity index (χ2v) is 7.18. The number of hydrogen-bond donors (Lipinski definition) is 0. The Bertz CT molecular complexity index is 619. The van der Waals surface area contributed by atoms with E-state index in [1.807, 2.05) is 6.33 Å². The van der Waals surface area contributed by atoms with Gasteiger partial charge in [-0.05, 0) is 27.2 Å². The molecule has 0 saturated carbocycles. The normalized spacial score (nSPS) is 16.0. The third-order valence-corrected chi connectivity index (χ3v) is 4.71. The molecule has 5 nitrogen and oxygen atoms in total. The third-order valence-electron chi connectivity index (χ3n) is 3.89. The lowest BCUT2D eigenvalue weighted by molar-refractivity contribution is 0.0628. The average molecular weight is 320 g/mol. The summed E-state index contributed by atoms with van der Waals surface area (Å²) in [6, 6.07) is 0. The number of aryl methyl sites for hydroxylation is 2. The molecule has 1 aliphatic rings. The van der Waals surface area contributed by atoms with E-state index in [1.54, 1.807) is 11.3 Å². The summed E-state index contributed by atoms with van der Waals surface area (Å²) in [6.07, 6.45) is 3.35. The summed E-state index contributed by atoms with van der Waals surface area (Å²) < 4.78 is 8.03. The van der Waals surface area contributed by atoms with Crippen LogP contribution < -0.4 is 0 Å². The molecular formula is C16H24N4OS. The fraction of sp³-hybridized carbons (Fsp3) is 0.625. The van der Waals surface area contributed by atoms with Crippen LogP contribution in [0.15, 0.2) is 11.7 Å². The summed E-state index contributed by atoms with van der Waals surface area (Å²) in [5.41, 5.74) is 3.55. The smallest absolute Gasteiger partial charge is 0.0953 e. The summed E-state index contributed by atoms with van der Waals surface area (Å²) in [4.78, 5) is 11.6. The average Bonchev–Trinajstić information content (AvgIpc) is 2.98. The molecule has 0 spiro atoms. The van der Waals surface area contributed by atoms with E-state index in [0.717, 1.165) is 43.3 Å². The van der Waals surface area contributed by atoms with E-state index in [9.17, 15) is 0 Å². The predicted octanol–water partition coefficient (Wildman–Crippen LogP) is 2.98. The molecule has 1 aliphatic heterocycles. The van der Waals surface area contributed by atoms with Gasteiger partial charge in [0.15, 0.2) is 0 Å². The third kappa shape index (κ3) is 3.74. The Balaban J connectivity index is 1.71. The van der Waals surface area contributed by atoms with Crippen molar-refractivity contribution in [3.8, 4) is 0 Å². The number of rotatable bonds is 5. The molecule has 0 unspecified atom stereocenters. The van der Waals surface area contributed by atoms with Crippen molar-refractivity contribution in [2.75, 3.05) is 6.54 Å². The number of imidazole rings is 1. The van der Waals surface area contributed by atoms with Gasteiger partial charge in [-0.25, -0.2) is 9.97 Å². The molecule has 0 N–H and O–H groups in total. The Labute approximate surface area is 136 Å². The van der Waals surface area contributed by atoms with Crippen molar-refractivity contribution in [3.63, 3.8) is 0 Å². The highest BCUT2D eigenvalue weighted by Gasteiger charge is 2.19. The first-order chi connectivity index (χ1) is 10.6. The van der Waals surface area contributed by atoms with E-state index < -0.39 is 0 Å². The molecule has 3 heterocycles. The van der Waals surface area contributed by atoms with E-state index in [0.29, 0.717) is 6.61 Å². The molecule has 0 fully saturated rings. The minimum absolute atomic E-state index is 0.234. The molecule has 0 radical (unpaired) electrons. The molecular weight excluding hydrogens is 296 g/mol. The van der Waals surface area contributed by atoms with Crippen LogP contribution in [-0.4, -0.2) is 32.1 Å². The van der Waals surface area contributed by atoms with Gasteiger partial charge in [0, 0.05) is 31.6 Å². The van der Waals surface area contributed by atoms with E-state index in [2.05, 4.69) is 45.6 Å². The fourth-order valence-corrected chi connectivity index (χ4v) is 3.39. The van der Waals surface area contributed by atoms with Gasteiger partial charge in [0.25, 0.3) is 0 Å². The van der Waals surface area contributed by atoms with Crippen LogP contribution in [0.4, 0.5) is 0 Å². The zero-order chi connectivity index (χ0) is 15.5. The summed E-state index contributed by atoms with van der Waals surface area (Å²) in [6.45, 7) is 10.8. The Morgan fingerprint density at radius 1 is 1.36 bits per heavy atom. The topological polar surface area (TPSA) is 43.2 Å². The Kier molecular flexibility index (Phi) is 4.90. The summed E-state index contributed by atoms with van der Waals surface area (Å²) in [7, 11) is 0. The predicted molar refractivity (Wildman–Crippen MR) is 87.7 cm³/mol. The van der Waals surface area contributed by atoms with Crippen LogP contribution in [0.5, 0.6) is 0 Å². The van der Waals surface area contributed by atoms with Crippen LogP contribution in [0.1, 0.15) is 42.4 Å². The molecule has 0 amide bonds. The van der Waals surface area contributed by atoms with Gasteiger partial charge in [-0.2, -0.15) is 0 Å². The summed E-state index contributed by atoms with van der Waals surface area (Å²) >= 11 is 1.72. The van der Waals surface area contributed by atoms with Crippen molar-refractivity contribution in [1.82, 2.24) is 19.4 Å². The highest BCUT2D eigenvalue weighted by Crippen LogP contribution is 2.19. The Hall–Kier alpha value is -1.24. The van der Waals surface area contributed by atoms with Gasteiger partial charge in [-0.3, -0.25) is 4.90 Å². The van der Waals surface area contributed by atoms with E-state index in [1.165, 1.54) is 11.4 Å². The van der Waals surface area contributed by atoms with Crippen LogP contribution in [-0.2, 0) is 31.0 Å². The van der Waals surface area contributed by atoms with Gasteiger partial charge in [0.05, 0.1) is 41.1 Å². The highest BCUT2D eigenvalue weighted by molar-refractivity contribution is 7.09. The number of nitrogens with zero attached hydrogens (tertiary/aromatic N) is 4. The zero-order valence-electron chi connectivity index (χ0n) is 13.6. The number of aromatic nitrogens is 3. The second kappa shape index (κ2) is 6.89. The largest absolute Gasteiger partial charge is 0.372 e. The standard InChI is InChI=1S/C16H24N4OS/c1-12(2)21-9-15-16-8-19(5-4-6-20(16)11-17-15)7-14-10-22-13(3)18-14/h10-12H,4-9H2,1-3H3. The highest BCUT2D eigenvalue weighted by atomic mass is 32.1. The molecule has 0 bridgehead atoms. The maximum absolute atomic E-state index is 5.74. The van der Waals surface area contributed by atoms with Crippen LogP contribution in [0, 0.1) is 6.92 Å². The minimum Gasteiger partial charge on any atom is -0.372 e. The number of ether oxygens (including phenoxy) is 1. The van der Waals surface area contributed by atoms with Crippen LogP contribution in [0.25, 0.3) is 0 Å². The van der Waals surface area contributed by atoms with E-state index >= 15 is 0 Å². The molecule has 0 aromatic carbocycles. The van der Waals surface area contributed by atoms with Crippen LogP contribution in [0.3, 0.4) is 0 Å². The van der Waals surface area contributed by atoms with Crippen molar-refractivity contribution in [2.45, 2.75) is 59.5 Å². The quantitative estimate of drug-likeness (QED) is 0.849. The van der Waals surface area contributed by atoms with Gasteiger partial charge >= 0.3 is 0 Å². The van der Waals surface area contributed by atoms with Crippen LogP contribution in [0.2, 0.25) is 0 Å². The number of hydrogen-bond acceptors (Lipinski definition) is 5. The maximum atomic E-state index is 5.74. The first-order valence-corrected chi connectivity index (χ1v) is 8.77. The zero-order valence-corrected chi connectivity index (χ0v) is 14.4. The molecule has 6 heteroatoms. The summed E-state index contributed by atoms with van der Waals surface area (Å²) in [5, 5.41) is 3.31. The lowest BCUT2D eigenvalue weighted by atomic mass is 10.3. The van der Waals surface area contributed by atoms with E-state index in [4.69, 9.17) is 4.74 Å². The Morgan fingerprint density at radius 2 is 2.23 bits per heavy atom. The SMILES string of the molecule is Cc1nc(CN2CCCn3cnc(COC(C)C)c3C2)cs1. The van der Waals surface area contributed by atoms with Crippen molar-refractivity contribution < 1.29 is 4.74 Å². The molecule has 0 atom stereocenters. The first-order valence-electron chi connectivity index (χ1n) is 7.89. The number of fused-ring (bicyclic) bond motifs is 1. The van der Waals surface area contributed by atoms with Crippen molar-refractivity contribution in [2.24, 2.45) is 0 Å². The minimum atomic E-state index is 0.234. The fourth-order valence-electron chi connectivity index (χ4n) is 2.79. The van der Waals surface area contributed by atoms with Gasteiger partial charge < -0.3 is 9.30 Å². The second-order valence-electron chi connectivity index (χ2n) is 6.11. The van der Waals surface area contributed by atoms with Crippen molar-refractivity contribution in [1.29, 1.82) is 0 Å². The monoisotopic (exact) mass is 320 g/mol. The molecule has 2 aromatic rings. The molecule has 0 saturated heterocycles. The van der Waals surface area contributed by atoms with Crippen molar-refractivity contribution in [3.05, 3.63) is 33.8 Å². The summed E-state index contributed by atoms with van der Waals surface area (Å²) in [5.74, 6) is 0. The van der Waals surface area contributed by atoms with Crippen LogP contribution >= 0.6 is 11.3 Å². The van der Waals surface area contributed by atoms with Gasteiger partial charge in [-0.1, -0.05) is 0 Å². The maximum Gasteiger partial charge on any atom is 0.0953 e. The lowest BCUT2D eigenvalue weighted by Gasteiger charge is -2.19. The molecule has 2 aromatic heterocycles. The molecule has 120 valence electrons. The lowest BCUT2D eigenvalue weighted by Crippen LogP contribution is -2.23.